The fraction of sp³-hybridized carbons (Fsp3) is 0.333. The molecule has 2 saturated heterocycles. The molecule has 1 aromatic heterocycles. The van der Waals surface area contributed by atoms with Crippen molar-refractivity contribution in [3.05, 3.63) is 27.8 Å². The number of thiophene rings is 1. The van der Waals surface area contributed by atoms with E-state index in [0.717, 1.165) is 11.3 Å². The second-order valence-electron chi connectivity index (χ2n) is 5.87. The van der Waals surface area contributed by atoms with Gasteiger partial charge < -0.3 is 19.7 Å². The molecule has 0 bridgehead atoms. The van der Waals surface area contributed by atoms with Crippen LogP contribution in [-0.2, 0) is 4.74 Å². The molecule has 2 fully saturated rings. The molecule has 3 heterocycles. The summed E-state index contributed by atoms with van der Waals surface area (Å²) in [6.45, 7) is 0.920. The molecule has 2 aliphatic rings. The molecule has 2 amide bonds. The van der Waals surface area contributed by atoms with Gasteiger partial charge in [0, 0.05) is 29.2 Å². The first-order valence-corrected chi connectivity index (χ1v) is 8.32. The molecular formula is C15H12ClFN2O4S. The molecule has 1 N–H and O–H groups in total. The van der Waals surface area contributed by atoms with E-state index in [0.29, 0.717) is 23.5 Å². The molecule has 1 spiro atoms. The van der Waals surface area contributed by atoms with E-state index >= 15 is 0 Å². The largest absolute Gasteiger partial charge is 0.497 e. The number of fused-ring (bicyclic) bond motifs is 1. The molecule has 24 heavy (non-hydrogen) atoms. The number of likely N-dealkylation sites (tertiary alicyclic amines) is 1. The van der Waals surface area contributed by atoms with Crippen LogP contribution in [0.2, 0.25) is 5.02 Å². The van der Waals surface area contributed by atoms with Crippen molar-refractivity contribution in [2.75, 3.05) is 26.8 Å². The van der Waals surface area contributed by atoms with Gasteiger partial charge >= 0.3 is 6.09 Å². The van der Waals surface area contributed by atoms with Crippen LogP contribution in [0.4, 0.5) is 9.18 Å². The van der Waals surface area contributed by atoms with Crippen molar-refractivity contribution in [2.45, 2.75) is 5.54 Å². The van der Waals surface area contributed by atoms with E-state index in [1.54, 1.807) is 11.0 Å². The van der Waals surface area contributed by atoms with Gasteiger partial charge in [-0.3, -0.25) is 4.79 Å². The van der Waals surface area contributed by atoms with Crippen LogP contribution in [0.5, 0.6) is 5.75 Å². The van der Waals surface area contributed by atoms with Gasteiger partial charge in [-0.15, -0.1) is 11.3 Å². The maximum Gasteiger partial charge on any atom is 0.407 e. The molecular weight excluding hydrogens is 359 g/mol. The normalized spacial score (nSPS) is 18.5. The lowest BCUT2D eigenvalue weighted by molar-refractivity contribution is 0.0322. The number of halogens is 2. The number of alkyl carbamates (subject to hydrolysis) is 1. The Morgan fingerprint density at radius 2 is 2.25 bits per heavy atom. The molecule has 9 heteroatoms. The highest BCUT2D eigenvalue weighted by Gasteiger charge is 2.51. The third-order valence-corrected chi connectivity index (χ3v) is 5.82. The summed E-state index contributed by atoms with van der Waals surface area (Å²) in [5.74, 6) is -0.446. The summed E-state index contributed by atoms with van der Waals surface area (Å²) in [5, 5.41) is 3.03. The Morgan fingerprint density at radius 3 is 2.88 bits per heavy atom. The van der Waals surface area contributed by atoms with Gasteiger partial charge in [-0.2, -0.15) is 0 Å². The summed E-state index contributed by atoms with van der Waals surface area (Å²) in [4.78, 5) is 25.6. The van der Waals surface area contributed by atoms with Crippen LogP contribution < -0.4 is 10.1 Å². The number of nitrogens with zero attached hydrogens (tertiary/aromatic N) is 1. The molecule has 0 radical (unpaired) electrons. The molecule has 0 saturated carbocycles. The number of carbonyl (C=O) groups is 2. The number of carbonyl (C=O) groups excluding carboxylic acids is 2. The number of rotatable bonds is 2. The van der Waals surface area contributed by atoms with Crippen molar-refractivity contribution in [3.8, 4) is 5.75 Å². The number of benzene rings is 1. The molecule has 2 aliphatic heterocycles. The Labute approximate surface area is 145 Å². The van der Waals surface area contributed by atoms with E-state index < -0.39 is 17.4 Å². The van der Waals surface area contributed by atoms with Crippen LogP contribution in [0.1, 0.15) is 9.67 Å². The zero-order valence-electron chi connectivity index (χ0n) is 12.5. The fourth-order valence-electron chi connectivity index (χ4n) is 3.01. The van der Waals surface area contributed by atoms with E-state index in [1.165, 1.54) is 13.2 Å². The van der Waals surface area contributed by atoms with Gasteiger partial charge in [0.1, 0.15) is 28.6 Å². The zero-order valence-corrected chi connectivity index (χ0v) is 14.1. The standard InChI is InChI=1S/C15H12ClFN2O4S/c1-22-7-2-8(17)10-9(3-7)24-12(11(10)16)13(20)19-4-15(5-19)6-23-14(21)18-15/h2-3H,4-6H2,1H3,(H,18,21). The second-order valence-corrected chi connectivity index (χ2v) is 7.30. The fourth-order valence-corrected chi connectivity index (χ4v) is 4.56. The smallest absolute Gasteiger partial charge is 0.407 e. The SMILES string of the molecule is COc1cc(F)c2c(Cl)c(C(=O)N3CC4(COC(=O)N4)C3)sc2c1. The number of hydrogen-bond donors (Lipinski definition) is 1. The minimum Gasteiger partial charge on any atom is -0.497 e. The third-order valence-electron chi connectivity index (χ3n) is 4.21. The van der Waals surface area contributed by atoms with Gasteiger partial charge in [0.15, 0.2) is 0 Å². The average Bonchev–Trinajstić information content (AvgIpc) is 3.06. The van der Waals surface area contributed by atoms with Gasteiger partial charge in [-0.1, -0.05) is 11.6 Å². The summed E-state index contributed by atoms with van der Waals surface area (Å²) < 4.78 is 24.7. The lowest BCUT2D eigenvalue weighted by atomic mass is 9.91. The minimum atomic E-state index is -0.527. The van der Waals surface area contributed by atoms with Crippen molar-refractivity contribution < 1.29 is 23.5 Å². The molecule has 2 aromatic rings. The Hall–Kier alpha value is -2.06. The predicted octanol–water partition coefficient (Wildman–Crippen LogP) is 2.64. The quantitative estimate of drug-likeness (QED) is 0.882. The van der Waals surface area contributed by atoms with Gasteiger partial charge in [-0.05, 0) is 6.07 Å². The van der Waals surface area contributed by atoms with Crippen LogP contribution in [-0.4, -0.2) is 49.2 Å². The molecule has 4 rings (SSSR count). The van der Waals surface area contributed by atoms with E-state index in [1.807, 2.05) is 0 Å². The van der Waals surface area contributed by atoms with E-state index in [4.69, 9.17) is 21.1 Å². The molecule has 1 aromatic carbocycles. The van der Waals surface area contributed by atoms with E-state index in [-0.39, 0.29) is 27.8 Å². The monoisotopic (exact) mass is 370 g/mol. The van der Waals surface area contributed by atoms with Crippen molar-refractivity contribution in [3.63, 3.8) is 0 Å². The number of ether oxygens (including phenoxy) is 2. The van der Waals surface area contributed by atoms with E-state index in [9.17, 15) is 14.0 Å². The van der Waals surface area contributed by atoms with Gasteiger partial charge in [0.05, 0.1) is 12.1 Å². The van der Waals surface area contributed by atoms with Crippen molar-refractivity contribution in [1.29, 1.82) is 0 Å². The molecule has 6 nitrogen and oxygen atoms in total. The Morgan fingerprint density at radius 1 is 1.50 bits per heavy atom. The highest BCUT2D eigenvalue weighted by atomic mass is 35.5. The maximum atomic E-state index is 14.2. The van der Waals surface area contributed by atoms with Crippen LogP contribution in [0, 0.1) is 5.82 Å². The lowest BCUT2D eigenvalue weighted by Gasteiger charge is -2.45. The number of methoxy groups -OCH3 is 1. The zero-order chi connectivity index (χ0) is 17.1. The van der Waals surface area contributed by atoms with Crippen LogP contribution in [0.15, 0.2) is 12.1 Å². The predicted molar refractivity (Wildman–Crippen MR) is 86.5 cm³/mol. The number of nitrogens with one attached hydrogen (secondary N) is 1. The summed E-state index contributed by atoms with van der Waals surface area (Å²) in [5.41, 5.74) is -0.510. The first-order chi connectivity index (χ1) is 11.4. The first kappa shape index (κ1) is 15.5. The number of amides is 2. The van der Waals surface area contributed by atoms with Gasteiger partial charge in [-0.25, -0.2) is 9.18 Å². The highest BCUT2D eigenvalue weighted by molar-refractivity contribution is 7.21. The molecule has 126 valence electrons. The summed E-state index contributed by atoms with van der Waals surface area (Å²) in [7, 11) is 1.44. The summed E-state index contributed by atoms with van der Waals surface area (Å²) in [6, 6.07) is 2.88. The highest BCUT2D eigenvalue weighted by Crippen LogP contribution is 2.40. The molecule has 0 atom stereocenters. The van der Waals surface area contributed by atoms with Crippen LogP contribution >= 0.6 is 22.9 Å². The summed E-state index contributed by atoms with van der Waals surface area (Å²) >= 11 is 7.36. The van der Waals surface area contributed by atoms with Crippen molar-refractivity contribution >= 4 is 45.0 Å². The molecule has 0 aliphatic carbocycles. The van der Waals surface area contributed by atoms with Crippen LogP contribution in [0.25, 0.3) is 10.1 Å². The first-order valence-electron chi connectivity index (χ1n) is 7.12. The molecule has 0 unspecified atom stereocenters. The average molecular weight is 371 g/mol. The Bertz CT molecular complexity index is 878. The Kier molecular flexibility index (Phi) is 3.36. The number of cyclic esters (lactones) is 1. The summed E-state index contributed by atoms with van der Waals surface area (Å²) in [6.07, 6.45) is -0.476. The van der Waals surface area contributed by atoms with Gasteiger partial charge in [0.25, 0.3) is 5.91 Å². The topological polar surface area (TPSA) is 67.9 Å². The van der Waals surface area contributed by atoms with Crippen molar-refractivity contribution in [1.82, 2.24) is 10.2 Å². The van der Waals surface area contributed by atoms with Crippen molar-refractivity contribution in [2.24, 2.45) is 0 Å². The lowest BCUT2D eigenvalue weighted by Crippen LogP contribution is -2.69. The van der Waals surface area contributed by atoms with Gasteiger partial charge in [0.2, 0.25) is 0 Å². The van der Waals surface area contributed by atoms with E-state index in [2.05, 4.69) is 5.32 Å². The maximum absolute atomic E-state index is 14.2. The Balaban J connectivity index is 1.63. The minimum absolute atomic E-state index is 0.104. The second kappa shape index (κ2) is 5.22. The van der Waals surface area contributed by atoms with Crippen LogP contribution in [0.3, 0.4) is 0 Å². The third kappa shape index (κ3) is 2.21. The number of hydrogen-bond acceptors (Lipinski definition) is 5.